The first-order valence-electron chi connectivity index (χ1n) is 6.72. The number of carbonyl (C=O) groups is 1. The second-order valence-corrected chi connectivity index (χ2v) is 6.15. The first-order valence-corrected chi connectivity index (χ1v) is 7.77. The standard InChI is InChI=1S/C14H18N2O2S.ClH/c17-14(13-2-1-7-19-13)16-11-3-4-12-10(8-11)9-15-5-6-18-12;/h3-4,8,13,15H,1-2,5-7,9H2,(H,16,17);1H. The average molecular weight is 315 g/mol. The van der Waals surface area contributed by atoms with Gasteiger partial charge in [-0.05, 0) is 36.8 Å². The molecular weight excluding hydrogens is 296 g/mol. The smallest absolute Gasteiger partial charge is 0.237 e. The number of anilines is 1. The van der Waals surface area contributed by atoms with Crippen molar-refractivity contribution in [1.82, 2.24) is 5.32 Å². The first-order chi connectivity index (χ1) is 9.33. The van der Waals surface area contributed by atoms with E-state index in [2.05, 4.69) is 10.6 Å². The fraction of sp³-hybridized carbons (Fsp3) is 0.500. The van der Waals surface area contributed by atoms with E-state index >= 15 is 0 Å². The molecule has 4 nitrogen and oxygen atoms in total. The molecule has 1 fully saturated rings. The van der Waals surface area contributed by atoms with Crippen LogP contribution >= 0.6 is 24.2 Å². The van der Waals surface area contributed by atoms with Gasteiger partial charge in [0, 0.05) is 24.3 Å². The third-order valence-corrected chi connectivity index (χ3v) is 4.78. The van der Waals surface area contributed by atoms with Gasteiger partial charge in [-0.1, -0.05) is 0 Å². The molecule has 2 N–H and O–H groups in total. The van der Waals surface area contributed by atoms with Crippen molar-refractivity contribution in [1.29, 1.82) is 0 Å². The van der Waals surface area contributed by atoms with Gasteiger partial charge in [-0.15, -0.1) is 24.2 Å². The Balaban J connectivity index is 0.00000147. The number of amides is 1. The molecule has 2 heterocycles. The van der Waals surface area contributed by atoms with Gasteiger partial charge in [0.05, 0.1) is 5.25 Å². The number of hydrogen-bond acceptors (Lipinski definition) is 4. The molecule has 6 heteroatoms. The van der Waals surface area contributed by atoms with Crippen LogP contribution < -0.4 is 15.4 Å². The average Bonchev–Trinajstić information content (AvgIpc) is 2.85. The molecule has 0 aromatic heterocycles. The molecule has 0 aliphatic carbocycles. The fourth-order valence-corrected chi connectivity index (χ4v) is 3.56. The van der Waals surface area contributed by atoms with Crippen LogP contribution in [0, 0.1) is 0 Å². The van der Waals surface area contributed by atoms with Crippen molar-refractivity contribution in [3.05, 3.63) is 23.8 Å². The SMILES string of the molecule is Cl.O=C(Nc1ccc2c(c1)CNCCO2)C1CCCS1. The Morgan fingerprint density at radius 1 is 1.45 bits per heavy atom. The summed E-state index contributed by atoms with van der Waals surface area (Å²) in [5, 5.41) is 6.43. The Labute approximate surface area is 129 Å². The van der Waals surface area contributed by atoms with Crippen LogP contribution in [0.2, 0.25) is 0 Å². The lowest BCUT2D eigenvalue weighted by Crippen LogP contribution is -2.23. The van der Waals surface area contributed by atoms with Gasteiger partial charge >= 0.3 is 0 Å². The molecule has 2 aliphatic heterocycles. The topological polar surface area (TPSA) is 50.4 Å². The Hall–Kier alpha value is -0.910. The Morgan fingerprint density at radius 3 is 3.15 bits per heavy atom. The van der Waals surface area contributed by atoms with E-state index < -0.39 is 0 Å². The van der Waals surface area contributed by atoms with E-state index in [4.69, 9.17) is 4.74 Å². The third-order valence-electron chi connectivity index (χ3n) is 3.40. The van der Waals surface area contributed by atoms with Crippen LogP contribution in [0.4, 0.5) is 5.69 Å². The van der Waals surface area contributed by atoms with Gasteiger partial charge in [0.25, 0.3) is 0 Å². The monoisotopic (exact) mass is 314 g/mol. The first kappa shape index (κ1) is 15.5. The largest absolute Gasteiger partial charge is 0.492 e. The van der Waals surface area contributed by atoms with E-state index in [9.17, 15) is 4.79 Å². The zero-order valence-electron chi connectivity index (χ0n) is 11.2. The Bertz CT molecular complexity index is 478. The van der Waals surface area contributed by atoms with Gasteiger partial charge in [0.1, 0.15) is 12.4 Å². The highest BCUT2D eigenvalue weighted by atomic mass is 35.5. The molecule has 0 saturated carbocycles. The van der Waals surface area contributed by atoms with Gasteiger partial charge in [-0.25, -0.2) is 0 Å². The minimum Gasteiger partial charge on any atom is -0.492 e. The van der Waals surface area contributed by atoms with E-state index in [0.29, 0.717) is 6.61 Å². The third kappa shape index (κ3) is 3.59. The molecule has 0 radical (unpaired) electrons. The molecule has 20 heavy (non-hydrogen) atoms. The van der Waals surface area contributed by atoms with Gasteiger partial charge < -0.3 is 15.4 Å². The summed E-state index contributed by atoms with van der Waals surface area (Å²) in [4.78, 5) is 12.1. The second-order valence-electron chi connectivity index (χ2n) is 4.84. The quantitative estimate of drug-likeness (QED) is 0.880. The van der Waals surface area contributed by atoms with Crippen LogP contribution in [0.25, 0.3) is 0 Å². The van der Waals surface area contributed by atoms with Crippen molar-refractivity contribution in [2.24, 2.45) is 0 Å². The Kier molecular flexibility index (Phi) is 5.57. The normalized spacial score (nSPS) is 21.1. The van der Waals surface area contributed by atoms with E-state index in [1.54, 1.807) is 11.8 Å². The van der Waals surface area contributed by atoms with Crippen LogP contribution in [0.1, 0.15) is 18.4 Å². The van der Waals surface area contributed by atoms with Crippen LogP contribution in [0.3, 0.4) is 0 Å². The minimum absolute atomic E-state index is 0. The summed E-state index contributed by atoms with van der Waals surface area (Å²) in [7, 11) is 0. The highest BCUT2D eigenvalue weighted by Gasteiger charge is 2.23. The molecule has 1 amide bonds. The predicted molar refractivity (Wildman–Crippen MR) is 85.0 cm³/mol. The molecule has 1 unspecified atom stereocenters. The van der Waals surface area contributed by atoms with Crippen molar-refractivity contribution in [3.8, 4) is 5.75 Å². The second kappa shape index (κ2) is 7.20. The molecule has 1 atom stereocenters. The van der Waals surface area contributed by atoms with Crippen molar-refractivity contribution in [3.63, 3.8) is 0 Å². The van der Waals surface area contributed by atoms with E-state index in [-0.39, 0.29) is 23.6 Å². The lowest BCUT2D eigenvalue weighted by Gasteiger charge is -2.12. The lowest BCUT2D eigenvalue weighted by atomic mass is 10.1. The van der Waals surface area contributed by atoms with Crippen LogP contribution in [-0.2, 0) is 11.3 Å². The number of carbonyl (C=O) groups excluding carboxylic acids is 1. The summed E-state index contributed by atoms with van der Waals surface area (Å²) in [5.74, 6) is 2.14. The van der Waals surface area contributed by atoms with Crippen molar-refractivity contribution < 1.29 is 9.53 Å². The summed E-state index contributed by atoms with van der Waals surface area (Å²) in [5.41, 5.74) is 1.97. The maximum atomic E-state index is 12.1. The van der Waals surface area contributed by atoms with Gasteiger partial charge in [-0.2, -0.15) is 0 Å². The van der Waals surface area contributed by atoms with Crippen molar-refractivity contribution in [2.45, 2.75) is 24.6 Å². The van der Waals surface area contributed by atoms with Crippen molar-refractivity contribution >= 4 is 35.8 Å². The predicted octanol–water partition coefficient (Wildman–Crippen LogP) is 2.42. The number of fused-ring (bicyclic) bond motifs is 1. The zero-order chi connectivity index (χ0) is 13.1. The summed E-state index contributed by atoms with van der Waals surface area (Å²) in [6.07, 6.45) is 2.14. The molecular formula is C14H19ClN2O2S. The molecule has 0 spiro atoms. The number of halogens is 1. The van der Waals surface area contributed by atoms with Crippen LogP contribution in [0.15, 0.2) is 18.2 Å². The Morgan fingerprint density at radius 2 is 2.35 bits per heavy atom. The molecule has 3 rings (SSSR count). The number of nitrogens with one attached hydrogen (secondary N) is 2. The van der Waals surface area contributed by atoms with Crippen LogP contribution in [-0.4, -0.2) is 30.1 Å². The molecule has 1 aromatic carbocycles. The number of rotatable bonds is 2. The van der Waals surface area contributed by atoms with Crippen LogP contribution in [0.5, 0.6) is 5.75 Å². The lowest BCUT2D eigenvalue weighted by molar-refractivity contribution is -0.115. The minimum atomic E-state index is 0. The summed E-state index contributed by atoms with van der Waals surface area (Å²) in [6, 6.07) is 5.87. The maximum Gasteiger partial charge on any atom is 0.237 e. The summed E-state index contributed by atoms with van der Waals surface area (Å²) < 4.78 is 5.63. The number of ether oxygens (including phenoxy) is 1. The highest BCUT2D eigenvalue weighted by Crippen LogP contribution is 2.28. The molecule has 1 saturated heterocycles. The number of hydrogen-bond donors (Lipinski definition) is 2. The summed E-state index contributed by atoms with van der Waals surface area (Å²) in [6.45, 7) is 2.34. The molecule has 110 valence electrons. The van der Waals surface area contributed by atoms with Gasteiger partial charge in [0.2, 0.25) is 5.91 Å². The van der Waals surface area contributed by atoms with Gasteiger partial charge in [0.15, 0.2) is 0 Å². The van der Waals surface area contributed by atoms with E-state index in [1.165, 1.54) is 0 Å². The molecule has 2 aliphatic rings. The van der Waals surface area contributed by atoms with E-state index in [0.717, 1.165) is 48.7 Å². The van der Waals surface area contributed by atoms with Crippen molar-refractivity contribution in [2.75, 3.05) is 24.2 Å². The maximum absolute atomic E-state index is 12.1. The fourth-order valence-electron chi connectivity index (χ4n) is 2.40. The summed E-state index contributed by atoms with van der Waals surface area (Å²) >= 11 is 1.75. The van der Waals surface area contributed by atoms with E-state index in [1.807, 2.05) is 18.2 Å². The molecule has 0 bridgehead atoms. The number of thioether (sulfide) groups is 1. The number of benzene rings is 1. The highest BCUT2D eigenvalue weighted by molar-refractivity contribution is 8.00. The van der Waals surface area contributed by atoms with Gasteiger partial charge in [-0.3, -0.25) is 4.79 Å². The zero-order valence-corrected chi connectivity index (χ0v) is 12.8. The molecule has 1 aromatic rings.